The highest BCUT2D eigenvalue weighted by Crippen LogP contribution is 2.09. The van der Waals surface area contributed by atoms with Gasteiger partial charge in [0.1, 0.15) is 4.47 Å². The molecule has 0 saturated heterocycles. The van der Waals surface area contributed by atoms with Gasteiger partial charge in [-0.3, -0.25) is 14.6 Å². The number of aryl methyl sites for hydroxylation is 2. The van der Waals surface area contributed by atoms with E-state index in [0.717, 1.165) is 25.1 Å². The maximum absolute atomic E-state index is 11.4. The van der Waals surface area contributed by atoms with E-state index in [1.165, 1.54) is 0 Å². The Morgan fingerprint density at radius 2 is 2.17 bits per heavy atom. The smallest absolute Gasteiger partial charge is 0.281 e. The zero-order chi connectivity index (χ0) is 9.14. The number of hydrogen-bond acceptors (Lipinski definition) is 1. The van der Waals surface area contributed by atoms with Gasteiger partial charge in [-0.15, -0.1) is 0 Å². The van der Waals surface area contributed by atoms with Gasteiger partial charge in [-0.1, -0.05) is 13.8 Å². The normalized spacial score (nSPS) is 10.6. The van der Waals surface area contributed by atoms with E-state index in [1.807, 2.05) is 13.8 Å². The highest BCUT2D eigenvalue weighted by Gasteiger charge is 2.08. The minimum Gasteiger partial charge on any atom is -0.299 e. The van der Waals surface area contributed by atoms with Crippen molar-refractivity contribution < 1.29 is 0 Å². The van der Waals surface area contributed by atoms with E-state index in [4.69, 9.17) is 0 Å². The second-order valence-electron chi connectivity index (χ2n) is 2.71. The fourth-order valence-electron chi connectivity index (χ4n) is 1.13. The lowest BCUT2D eigenvalue weighted by Gasteiger charge is -1.96. The van der Waals surface area contributed by atoms with E-state index >= 15 is 0 Å². The van der Waals surface area contributed by atoms with Crippen LogP contribution < -0.4 is 5.56 Å². The summed E-state index contributed by atoms with van der Waals surface area (Å²) in [4.78, 5) is 11.4. The Balaban J connectivity index is 3.07. The molecule has 0 radical (unpaired) electrons. The number of nitrogens with zero attached hydrogens (tertiary/aromatic N) is 1. The van der Waals surface area contributed by atoms with Gasteiger partial charge in [0, 0.05) is 6.54 Å². The van der Waals surface area contributed by atoms with E-state index < -0.39 is 0 Å². The first-order valence-electron chi connectivity index (χ1n) is 4.17. The summed E-state index contributed by atoms with van der Waals surface area (Å²) in [6, 6.07) is 0. The highest BCUT2D eigenvalue weighted by molar-refractivity contribution is 9.10. The van der Waals surface area contributed by atoms with Gasteiger partial charge < -0.3 is 0 Å². The fourth-order valence-corrected chi connectivity index (χ4v) is 1.71. The zero-order valence-electron chi connectivity index (χ0n) is 7.35. The second-order valence-corrected chi connectivity index (χ2v) is 3.51. The van der Waals surface area contributed by atoms with Gasteiger partial charge in [-0.25, -0.2) is 0 Å². The van der Waals surface area contributed by atoms with Gasteiger partial charge in [0.2, 0.25) is 0 Å². The molecule has 0 bridgehead atoms. The molecular formula is C8H13BrN2O. The van der Waals surface area contributed by atoms with Gasteiger partial charge in [-0.2, -0.15) is 0 Å². The molecule has 0 aliphatic carbocycles. The molecule has 0 amide bonds. The zero-order valence-corrected chi connectivity index (χ0v) is 8.94. The second kappa shape index (κ2) is 3.94. The van der Waals surface area contributed by atoms with Crippen molar-refractivity contribution in [2.24, 2.45) is 0 Å². The van der Waals surface area contributed by atoms with Gasteiger partial charge in [0.25, 0.3) is 5.56 Å². The molecule has 1 heterocycles. The predicted molar refractivity (Wildman–Crippen MR) is 52.4 cm³/mol. The molecule has 0 saturated carbocycles. The monoisotopic (exact) mass is 232 g/mol. The molecule has 0 aliphatic heterocycles. The lowest BCUT2D eigenvalue weighted by Crippen LogP contribution is -2.16. The first kappa shape index (κ1) is 9.58. The van der Waals surface area contributed by atoms with E-state index in [1.54, 1.807) is 4.68 Å². The minimum atomic E-state index is 0.0497. The van der Waals surface area contributed by atoms with Gasteiger partial charge >= 0.3 is 0 Å². The molecule has 1 rings (SSSR count). The standard InChI is InChI=1S/C8H13BrN2O/c1-3-5-11-8(12)7(9)6(4-2)10-11/h10H,3-5H2,1-2H3. The summed E-state index contributed by atoms with van der Waals surface area (Å²) in [6.07, 6.45) is 1.82. The Labute approximate surface area is 79.9 Å². The number of halogens is 1. The van der Waals surface area contributed by atoms with Crippen molar-refractivity contribution in [3.8, 4) is 0 Å². The average molecular weight is 233 g/mol. The van der Waals surface area contributed by atoms with Crippen LogP contribution >= 0.6 is 15.9 Å². The largest absolute Gasteiger partial charge is 0.299 e. The number of nitrogens with one attached hydrogen (secondary N) is 1. The van der Waals surface area contributed by atoms with Crippen LogP contribution in [0.3, 0.4) is 0 Å². The Hall–Kier alpha value is -0.510. The molecule has 0 atom stereocenters. The van der Waals surface area contributed by atoms with Crippen molar-refractivity contribution >= 4 is 15.9 Å². The highest BCUT2D eigenvalue weighted by atomic mass is 79.9. The SMILES string of the molecule is CCCn1[nH]c(CC)c(Br)c1=O. The summed E-state index contributed by atoms with van der Waals surface area (Å²) in [7, 11) is 0. The first-order chi connectivity index (χ1) is 5.70. The van der Waals surface area contributed by atoms with E-state index in [9.17, 15) is 4.79 Å². The van der Waals surface area contributed by atoms with Crippen LogP contribution in [0.4, 0.5) is 0 Å². The average Bonchev–Trinajstić information content (AvgIpc) is 2.33. The molecule has 4 heteroatoms. The maximum atomic E-state index is 11.4. The van der Waals surface area contributed by atoms with Gasteiger partial charge in [-0.05, 0) is 28.8 Å². The summed E-state index contributed by atoms with van der Waals surface area (Å²) in [5.41, 5.74) is 1.03. The van der Waals surface area contributed by atoms with Crippen molar-refractivity contribution in [2.45, 2.75) is 33.2 Å². The van der Waals surface area contributed by atoms with Crippen molar-refractivity contribution in [3.63, 3.8) is 0 Å². The topological polar surface area (TPSA) is 37.8 Å². The molecule has 1 N–H and O–H groups in total. The summed E-state index contributed by atoms with van der Waals surface area (Å²) in [6.45, 7) is 4.83. The molecule has 1 aromatic heterocycles. The Bertz CT molecular complexity index is 313. The third-order valence-electron chi connectivity index (χ3n) is 1.77. The molecule has 3 nitrogen and oxygen atoms in total. The minimum absolute atomic E-state index is 0.0497. The third kappa shape index (κ3) is 1.63. The lowest BCUT2D eigenvalue weighted by molar-refractivity contribution is 0.578. The summed E-state index contributed by atoms with van der Waals surface area (Å²) in [5, 5.41) is 3.06. The quantitative estimate of drug-likeness (QED) is 0.850. The van der Waals surface area contributed by atoms with Crippen LogP contribution in [0.25, 0.3) is 0 Å². The van der Waals surface area contributed by atoms with E-state index in [0.29, 0.717) is 4.47 Å². The van der Waals surface area contributed by atoms with Crippen LogP contribution in [0.15, 0.2) is 9.27 Å². The summed E-state index contributed by atoms with van der Waals surface area (Å²) >= 11 is 3.27. The predicted octanol–water partition coefficient (Wildman–Crippen LogP) is 1.91. The molecule has 12 heavy (non-hydrogen) atoms. The number of hydrogen-bond donors (Lipinski definition) is 1. The molecular weight excluding hydrogens is 220 g/mol. The Morgan fingerprint density at radius 3 is 2.58 bits per heavy atom. The van der Waals surface area contributed by atoms with E-state index in [-0.39, 0.29) is 5.56 Å². The molecule has 1 aromatic rings. The molecule has 0 fully saturated rings. The number of aromatic amines is 1. The van der Waals surface area contributed by atoms with Crippen LogP contribution in [0, 0.1) is 0 Å². The van der Waals surface area contributed by atoms with E-state index in [2.05, 4.69) is 21.0 Å². The molecule has 0 aliphatic rings. The molecule has 0 unspecified atom stereocenters. The Morgan fingerprint density at radius 1 is 1.50 bits per heavy atom. The van der Waals surface area contributed by atoms with Crippen molar-refractivity contribution in [3.05, 3.63) is 20.5 Å². The number of rotatable bonds is 3. The molecule has 0 aromatic carbocycles. The van der Waals surface area contributed by atoms with Crippen molar-refractivity contribution in [1.29, 1.82) is 0 Å². The van der Waals surface area contributed by atoms with Crippen LogP contribution in [0.2, 0.25) is 0 Å². The number of H-pyrrole nitrogens is 1. The van der Waals surface area contributed by atoms with Crippen LogP contribution in [0.1, 0.15) is 26.0 Å². The van der Waals surface area contributed by atoms with Crippen LogP contribution in [-0.4, -0.2) is 9.78 Å². The molecule has 0 spiro atoms. The Kier molecular flexibility index (Phi) is 3.14. The summed E-state index contributed by atoms with van der Waals surface area (Å²) < 4.78 is 2.32. The van der Waals surface area contributed by atoms with Crippen molar-refractivity contribution in [2.75, 3.05) is 0 Å². The van der Waals surface area contributed by atoms with Gasteiger partial charge in [0.15, 0.2) is 0 Å². The van der Waals surface area contributed by atoms with Crippen molar-refractivity contribution in [1.82, 2.24) is 9.78 Å². The maximum Gasteiger partial charge on any atom is 0.281 e. The first-order valence-corrected chi connectivity index (χ1v) is 4.97. The van der Waals surface area contributed by atoms with Crippen LogP contribution in [-0.2, 0) is 13.0 Å². The van der Waals surface area contributed by atoms with Gasteiger partial charge in [0.05, 0.1) is 5.69 Å². The number of aromatic nitrogens is 2. The molecule has 68 valence electrons. The summed E-state index contributed by atoms with van der Waals surface area (Å²) in [5.74, 6) is 0. The third-order valence-corrected chi connectivity index (χ3v) is 2.59. The van der Waals surface area contributed by atoms with Crippen LogP contribution in [0.5, 0.6) is 0 Å². The lowest BCUT2D eigenvalue weighted by atomic mass is 10.3. The fraction of sp³-hybridized carbons (Fsp3) is 0.625.